The van der Waals surface area contributed by atoms with Gasteiger partial charge >= 0.3 is 0 Å². The number of nitrogens with zero attached hydrogens (tertiary/aromatic N) is 4. The van der Waals surface area contributed by atoms with Crippen molar-refractivity contribution in [2.75, 3.05) is 0 Å². The van der Waals surface area contributed by atoms with Gasteiger partial charge in [-0.2, -0.15) is 0 Å². The normalized spacial score (nSPS) is 11.8. The Morgan fingerprint density at radius 2 is 0.846 bits per heavy atom. The molecule has 0 saturated heterocycles. The van der Waals surface area contributed by atoms with Crippen molar-refractivity contribution >= 4 is 22.1 Å². The molecule has 0 N–H and O–H groups in total. The van der Waals surface area contributed by atoms with E-state index in [9.17, 15) is 0 Å². The molecule has 0 unspecified atom stereocenters. The fraction of sp³-hybridized carbons (Fsp3) is 0. The summed E-state index contributed by atoms with van der Waals surface area (Å²) in [7, 11) is 0. The molecule has 5 aromatic carbocycles. The molecule has 3 heterocycles. The Bertz CT molecular complexity index is 1910. The summed E-state index contributed by atoms with van der Waals surface area (Å²) in [6.45, 7) is 0. The van der Waals surface area contributed by atoms with E-state index in [0.29, 0.717) is 0 Å². The molecular weight excluding hydrogens is 480 g/mol. The van der Waals surface area contributed by atoms with Gasteiger partial charge in [0.25, 0.3) is 0 Å². The van der Waals surface area contributed by atoms with E-state index in [1.165, 1.54) is 0 Å². The highest BCUT2D eigenvalue weighted by molar-refractivity contribution is 5.98. The number of fused-ring (bicyclic) bond motifs is 7. The maximum atomic E-state index is 6.59. The lowest BCUT2D eigenvalue weighted by molar-refractivity contribution is 0.488. The number of hydrogen-bond donors (Lipinski definition) is 0. The van der Waals surface area contributed by atoms with E-state index in [0.717, 1.165) is 78.1 Å². The minimum Gasteiger partial charge on any atom is -0.456 e. The first-order valence-electron chi connectivity index (χ1n) is 12.8. The molecule has 0 radical (unpaired) electrons. The Morgan fingerprint density at radius 3 is 1.36 bits per heavy atom. The molecule has 2 aromatic heterocycles. The Labute approximate surface area is 224 Å². The van der Waals surface area contributed by atoms with Gasteiger partial charge in [-0.15, -0.1) is 0 Å². The summed E-state index contributed by atoms with van der Waals surface area (Å²) < 4.78 is 6.59. The van der Waals surface area contributed by atoms with Crippen LogP contribution in [0.25, 0.3) is 66.6 Å². The zero-order valence-electron chi connectivity index (χ0n) is 20.7. The summed E-state index contributed by atoms with van der Waals surface area (Å²) in [6, 6.07) is 33.4. The van der Waals surface area contributed by atoms with Crippen molar-refractivity contribution < 1.29 is 4.74 Å². The molecule has 0 atom stereocenters. The van der Waals surface area contributed by atoms with Gasteiger partial charge in [0.05, 0.1) is 22.1 Å². The van der Waals surface area contributed by atoms with Crippen LogP contribution in [0.5, 0.6) is 11.5 Å². The van der Waals surface area contributed by atoms with Crippen molar-refractivity contribution in [2.24, 2.45) is 0 Å². The molecule has 0 fully saturated rings. The zero-order valence-corrected chi connectivity index (χ0v) is 20.7. The zero-order chi connectivity index (χ0) is 25.8. The summed E-state index contributed by atoms with van der Waals surface area (Å²) in [4.78, 5) is 18.2. The Hall–Kier alpha value is -5.42. The smallest absolute Gasteiger partial charge is 0.135 e. The van der Waals surface area contributed by atoms with Crippen molar-refractivity contribution in [1.82, 2.24) is 19.9 Å². The molecule has 1 aliphatic heterocycles. The summed E-state index contributed by atoms with van der Waals surface area (Å²) in [6.07, 6.45) is 6.93. The highest BCUT2D eigenvalue weighted by atomic mass is 16.5. The Balaban J connectivity index is 1.32. The van der Waals surface area contributed by atoms with Crippen LogP contribution >= 0.6 is 0 Å². The summed E-state index contributed by atoms with van der Waals surface area (Å²) in [5, 5.41) is 0. The summed E-state index contributed by atoms with van der Waals surface area (Å²) in [5.74, 6) is 1.64. The SMILES string of the molecule is c1ccc2c(c1)-c1cc(-c3cccc4nccnc34)ccc1Oc1ccc(-c3cccc4nccnc34)cc1-2. The van der Waals surface area contributed by atoms with E-state index < -0.39 is 0 Å². The number of para-hydroxylation sites is 2. The highest BCUT2D eigenvalue weighted by Gasteiger charge is 2.22. The molecule has 0 amide bonds. The molecule has 5 heteroatoms. The van der Waals surface area contributed by atoms with Gasteiger partial charge in [-0.05, 0) is 58.7 Å². The van der Waals surface area contributed by atoms with Crippen LogP contribution in [0.4, 0.5) is 0 Å². The lowest BCUT2D eigenvalue weighted by Crippen LogP contribution is -1.90. The Kier molecular flexibility index (Phi) is 4.76. The quantitative estimate of drug-likeness (QED) is 0.239. The molecule has 0 saturated carbocycles. The number of rotatable bonds is 2. The van der Waals surface area contributed by atoms with E-state index in [2.05, 4.69) is 92.7 Å². The fourth-order valence-electron chi connectivity index (χ4n) is 5.52. The van der Waals surface area contributed by atoms with E-state index in [1.54, 1.807) is 24.8 Å². The Morgan fingerprint density at radius 1 is 0.385 bits per heavy atom. The van der Waals surface area contributed by atoms with Crippen LogP contribution in [0, 0.1) is 0 Å². The van der Waals surface area contributed by atoms with Crippen LogP contribution < -0.4 is 4.74 Å². The maximum absolute atomic E-state index is 6.59. The highest BCUT2D eigenvalue weighted by Crippen LogP contribution is 2.49. The molecule has 0 bridgehead atoms. The number of aromatic nitrogens is 4. The van der Waals surface area contributed by atoms with Crippen LogP contribution in [-0.2, 0) is 0 Å². The third-order valence-corrected chi connectivity index (χ3v) is 7.31. The molecule has 0 spiro atoms. The molecule has 8 rings (SSSR count). The van der Waals surface area contributed by atoms with Crippen LogP contribution in [0.2, 0.25) is 0 Å². The maximum Gasteiger partial charge on any atom is 0.135 e. The van der Waals surface area contributed by atoms with Gasteiger partial charge in [-0.1, -0.05) is 60.7 Å². The van der Waals surface area contributed by atoms with Crippen molar-refractivity contribution in [3.8, 4) is 56.0 Å². The van der Waals surface area contributed by atoms with E-state index in [4.69, 9.17) is 4.74 Å². The van der Waals surface area contributed by atoms with Gasteiger partial charge in [-0.3, -0.25) is 19.9 Å². The third kappa shape index (κ3) is 3.48. The minimum absolute atomic E-state index is 0.819. The van der Waals surface area contributed by atoms with Gasteiger partial charge in [0.15, 0.2) is 0 Å². The van der Waals surface area contributed by atoms with Crippen LogP contribution in [0.1, 0.15) is 0 Å². The summed E-state index contributed by atoms with van der Waals surface area (Å²) in [5.41, 5.74) is 12.1. The first kappa shape index (κ1) is 21.6. The minimum atomic E-state index is 0.819. The number of hydrogen-bond acceptors (Lipinski definition) is 5. The van der Waals surface area contributed by atoms with E-state index in [1.807, 2.05) is 24.3 Å². The van der Waals surface area contributed by atoms with Gasteiger partial charge in [0.1, 0.15) is 11.5 Å². The number of benzene rings is 5. The van der Waals surface area contributed by atoms with Gasteiger partial charge in [-0.25, -0.2) is 0 Å². The summed E-state index contributed by atoms with van der Waals surface area (Å²) >= 11 is 0. The second-order valence-corrected chi connectivity index (χ2v) is 9.53. The predicted octanol–water partition coefficient (Wildman–Crippen LogP) is 8.35. The molecule has 0 aliphatic carbocycles. The average Bonchev–Trinajstić information content (AvgIpc) is 3.14. The van der Waals surface area contributed by atoms with Gasteiger partial charge < -0.3 is 4.74 Å². The lowest BCUT2D eigenvalue weighted by atomic mass is 9.91. The topological polar surface area (TPSA) is 60.8 Å². The monoisotopic (exact) mass is 500 g/mol. The first-order chi connectivity index (χ1) is 19.3. The van der Waals surface area contributed by atoms with Crippen LogP contribution in [0.3, 0.4) is 0 Å². The van der Waals surface area contributed by atoms with Gasteiger partial charge in [0, 0.05) is 47.0 Å². The van der Waals surface area contributed by atoms with Crippen molar-refractivity contribution in [1.29, 1.82) is 0 Å². The third-order valence-electron chi connectivity index (χ3n) is 7.31. The second-order valence-electron chi connectivity index (χ2n) is 9.53. The molecular formula is C34H20N4O. The lowest BCUT2D eigenvalue weighted by Gasteiger charge is -2.13. The molecule has 39 heavy (non-hydrogen) atoms. The second kappa shape index (κ2) is 8.57. The van der Waals surface area contributed by atoms with Crippen molar-refractivity contribution in [3.63, 3.8) is 0 Å². The number of ether oxygens (including phenoxy) is 1. The van der Waals surface area contributed by atoms with Crippen molar-refractivity contribution in [3.05, 3.63) is 122 Å². The largest absolute Gasteiger partial charge is 0.456 e. The predicted molar refractivity (Wildman–Crippen MR) is 154 cm³/mol. The average molecular weight is 501 g/mol. The van der Waals surface area contributed by atoms with Crippen LogP contribution in [-0.4, -0.2) is 19.9 Å². The van der Waals surface area contributed by atoms with Crippen molar-refractivity contribution in [2.45, 2.75) is 0 Å². The molecule has 5 nitrogen and oxygen atoms in total. The van der Waals surface area contributed by atoms with E-state index >= 15 is 0 Å². The standard InChI is InChI=1S/C34H20N4O/c1-2-6-26-25(5-1)27-19-21(23-7-3-9-29-33(23)37-17-15-35-29)11-13-31(27)39-32-14-12-22(20-28(26)32)24-8-4-10-30-34(24)38-18-16-36-30/h1-20H. The molecule has 7 aromatic rings. The fourth-order valence-corrected chi connectivity index (χ4v) is 5.52. The van der Waals surface area contributed by atoms with E-state index in [-0.39, 0.29) is 0 Å². The molecule has 182 valence electrons. The van der Waals surface area contributed by atoms with Gasteiger partial charge in [0.2, 0.25) is 0 Å². The molecule has 1 aliphatic rings. The van der Waals surface area contributed by atoms with Crippen LogP contribution in [0.15, 0.2) is 122 Å². The first-order valence-corrected chi connectivity index (χ1v) is 12.8.